The van der Waals surface area contributed by atoms with Gasteiger partial charge in [0.2, 0.25) is 5.95 Å². The minimum Gasteiger partial charge on any atom is -0.372 e. The van der Waals surface area contributed by atoms with Crippen LogP contribution in [0.1, 0.15) is 19.3 Å². The molecule has 1 fully saturated rings. The molecule has 2 heterocycles. The van der Waals surface area contributed by atoms with Gasteiger partial charge in [-0.05, 0) is 67.8 Å². The summed E-state index contributed by atoms with van der Waals surface area (Å²) in [6.07, 6.45) is 5.50. The summed E-state index contributed by atoms with van der Waals surface area (Å²) in [6, 6.07) is 14.6. The number of anilines is 5. The zero-order valence-corrected chi connectivity index (χ0v) is 16.1. The smallest absolute Gasteiger partial charge is 0.229 e. The van der Waals surface area contributed by atoms with Crippen molar-refractivity contribution in [3.63, 3.8) is 0 Å². The Morgan fingerprint density at radius 2 is 1.64 bits per heavy atom. The Bertz CT molecular complexity index is 942. The van der Waals surface area contributed by atoms with Crippen molar-refractivity contribution in [2.24, 2.45) is 0 Å². The Hall–Kier alpha value is -2.86. The predicted octanol–water partition coefficient (Wildman–Crippen LogP) is 5.75. The van der Waals surface area contributed by atoms with E-state index in [2.05, 4.69) is 49.8 Å². The average Bonchev–Trinajstić information content (AvgIpc) is 2.72. The maximum absolute atomic E-state index is 13.3. The summed E-state index contributed by atoms with van der Waals surface area (Å²) in [4.78, 5) is 11.1. The molecule has 2 N–H and O–H groups in total. The second-order valence-corrected chi connectivity index (χ2v) is 7.15. The van der Waals surface area contributed by atoms with E-state index in [1.54, 1.807) is 18.3 Å². The fourth-order valence-electron chi connectivity index (χ4n) is 3.25. The highest BCUT2D eigenvalue weighted by molar-refractivity contribution is 6.31. The molecule has 4 rings (SSSR count). The molecule has 0 saturated carbocycles. The molecule has 5 nitrogen and oxygen atoms in total. The molecular formula is C21H21ClFN5. The van der Waals surface area contributed by atoms with Crippen molar-refractivity contribution in [3.05, 3.63) is 65.6 Å². The van der Waals surface area contributed by atoms with Crippen molar-refractivity contribution < 1.29 is 4.39 Å². The van der Waals surface area contributed by atoms with Crippen molar-refractivity contribution in [3.8, 4) is 0 Å². The first-order valence-corrected chi connectivity index (χ1v) is 9.72. The van der Waals surface area contributed by atoms with Gasteiger partial charge in [-0.15, -0.1) is 0 Å². The van der Waals surface area contributed by atoms with Crippen LogP contribution in [-0.2, 0) is 0 Å². The lowest BCUT2D eigenvalue weighted by atomic mass is 10.1. The van der Waals surface area contributed by atoms with E-state index in [0.717, 1.165) is 18.8 Å². The Labute approximate surface area is 168 Å². The summed E-state index contributed by atoms with van der Waals surface area (Å²) in [5.74, 6) is 0.602. The van der Waals surface area contributed by atoms with E-state index in [-0.39, 0.29) is 5.02 Å². The molecule has 0 amide bonds. The molecule has 0 bridgehead atoms. The van der Waals surface area contributed by atoms with E-state index in [4.69, 9.17) is 11.6 Å². The van der Waals surface area contributed by atoms with E-state index in [9.17, 15) is 4.39 Å². The monoisotopic (exact) mass is 397 g/mol. The quantitative estimate of drug-likeness (QED) is 0.574. The molecule has 1 aliphatic heterocycles. The molecule has 28 heavy (non-hydrogen) atoms. The summed E-state index contributed by atoms with van der Waals surface area (Å²) < 4.78 is 13.3. The molecule has 3 aromatic rings. The normalized spacial score (nSPS) is 14.0. The molecule has 1 aromatic heterocycles. The van der Waals surface area contributed by atoms with Crippen LogP contribution in [-0.4, -0.2) is 23.1 Å². The van der Waals surface area contributed by atoms with Gasteiger partial charge in [0, 0.05) is 36.3 Å². The third-order valence-corrected chi connectivity index (χ3v) is 4.98. The van der Waals surface area contributed by atoms with E-state index in [1.165, 1.54) is 37.1 Å². The van der Waals surface area contributed by atoms with Crippen LogP contribution < -0.4 is 15.5 Å². The Balaban J connectivity index is 1.43. The highest BCUT2D eigenvalue weighted by Gasteiger charge is 2.10. The van der Waals surface area contributed by atoms with Crippen molar-refractivity contribution in [1.29, 1.82) is 0 Å². The lowest BCUT2D eigenvalue weighted by molar-refractivity contribution is 0.578. The van der Waals surface area contributed by atoms with Crippen LogP contribution in [0.5, 0.6) is 0 Å². The first-order chi connectivity index (χ1) is 13.7. The Morgan fingerprint density at radius 1 is 0.893 bits per heavy atom. The molecule has 0 atom stereocenters. The minimum absolute atomic E-state index is 0.0491. The third-order valence-electron chi connectivity index (χ3n) is 4.69. The summed E-state index contributed by atoms with van der Waals surface area (Å²) in [6.45, 7) is 2.25. The van der Waals surface area contributed by atoms with Crippen LogP contribution in [0, 0.1) is 5.82 Å². The minimum atomic E-state index is -0.462. The van der Waals surface area contributed by atoms with Crippen molar-refractivity contribution in [2.45, 2.75) is 19.3 Å². The van der Waals surface area contributed by atoms with Crippen LogP contribution in [0.4, 0.5) is 33.2 Å². The van der Waals surface area contributed by atoms with E-state index < -0.39 is 5.82 Å². The third kappa shape index (κ3) is 4.51. The van der Waals surface area contributed by atoms with Gasteiger partial charge in [0.25, 0.3) is 0 Å². The number of halogens is 2. The molecule has 0 radical (unpaired) electrons. The molecular weight excluding hydrogens is 377 g/mol. The van der Waals surface area contributed by atoms with Crippen molar-refractivity contribution >= 4 is 40.4 Å². The van der Waals surface area contributed by atoms with E-state index >= 15 is 0 Å². The molecule has 1 aliphatic rings. The zero-order chi connectivity index (χ0) is 19.3. The number of hydrogen-bond donors (Lipinski definition) is 2. The van der Waals surface area contributed by atoms with Crippen molar-refractivity contribution in [2.75, 3.05) is 28.6 Å². The Morgan fingerprint density at radius 3 is 2.39 bits per heavy atom. The topological polar surface area (TPSA) is 53.1 Å². The molecule has 0 aliphatic carbocycles. The van der Waals surface area contributed by atoms with Crippen LogP contribution in [0.3, 0.4) is 0 Å². The highest BCUT2D eigenvalue weighted by Crippen LogP contribution is 2.24. The van der Waals surface area contributed by atoms with Crippen molar-refractivity contribution in [1.82, 2.24) is 9.97 Å². The zero-order valence-electron chi connectivity index (χ0n) is 15.3. The van der Waals surface area contributed by atoms with E-state index in [1.807, 2.05) is 0 Å². The van der Waals surface area contributed by atoms with Crippen LogP contribution in [0.2, 0.25) is 5.02 Å². The molecule has 2 aromatic carbocycles. The molecule has 144 valence electrons. The summed E-state index contributed by atoms with van der Waals surface area (Å²) >= 11 is 5.82. The fraction of sp³-hybridized carbons (Fsp3) is 0.238. The second-order valence-electron chi connectivity index (χ2n) is 6.74. The van der Waals surface area contributed by atoms with Gasteiger partial charge in [-0.1, -0.05) is 11.6 Å². The number of nitrogens with zero attached hydrogens (tertiary/aromatic N) is 3. The molecule has 0 unspecified atom stereocenters. The van der Waals surface area contributed by atoms with E-state index in [0.29, 0.717) is 17.5 Å². The lowest BCUT2D eigenvalue weighted by Crippen LogP contribution is -2.29. The summed E-state index contributed by atoms with van der Waals surface area (Å²) in [5.41, 5.74) is 2.83. The van der Waals surface area contributed by atoms with Gasteiger partial charge in [-0.25, -0.2) is 9.37 Å². The van der Waals surface area contributed by atoms with Crippen LogP contribution in [0.25, 0.3) is 0 Å². The number of piperidine rings is 1. The first kappa shape index (κ1) is 18.5. The largest absolute Gasteiger partial charge is 0.372 e. The maximum Gasteiger partial charge on any atom is 0.229 e. The fourth-order valence-corrected chi connectivity index (χ4v) is 3.43. The number of benzene rings is 2. The van der Waals surface area contributed by atoms with Gasteiger partial charge in [0.05, 0.1) is 5.02 Å². The molecule has 0 spiro atoms. The number of nitrogens with one attached hydrogen (secondary N) is 2. The number of aromatic nitrogens is 2. The summed E-state index contributed by atoms with van der Waals surface area (Å²) in [7, 11) is 0. The predicted molar refractivity (Wildman–Crippen MR) is 113 cm³/mol. The number of rotatable bonds is 5. The van der Waals surface area contributed by atoms with Crippen LogP contribution >= 0.6 is 11.6 Å². The van der Waals surface area contributed by atoms with Gasteiger partial charge in [-0.2, -0.15) is 4.98 Å². The molecule has 1 saturated heterocycles. The van der Waals surface area contributed by atoms with Gasteiger partial charge in [0.1, 0.15) is 11.6 Å². The maximum atomic E-state index is 13.3. The average molecular weight is 398 g/mol. The highest BCUT2D eigenvalue weighted by atomic mass is 35.5. The lowest BCUT2D eigenvalue weighted by Gasteiger charge is -2.28. The molecule has 7 heteroatoms. The Kier molecular flexibility index (Phi) is 5.58. The van der Waals surface area contributed by atoms with Crippen LogP contribution in [0.15, 0.2) is 54.7 Å². The van der Waals surface area contributed by atoms with Gasteiger partial charge in [-0.3, -0.25) is 0 Å². The SMILES string of the molecule is Fc1ccc(Nc2nccc(Nc3ccc(N4CCCCC4)cc3)n2)cc1Cl. The summed E-state index contributed by atoms with van der Waals surface area (Å²) in [5, 5.41) is 6.36. The second kappa shape index (κ2) is 8.44. The van der Waals surface area contributed by atoms with Gasteiger partial charge >= 0.3 is 0 Å². The first-order valence-electron chi connectivity index (χ1n) is 9.34. The standard InChI is InChI=1S/C21H21ClFN5/c22-18-14-16(6-9-19(18)23)26-21-24-11-10-20(27-21)25-15-4-7-17(8-5-15)28-12-2-1-3-13-28/h4-11,14H,1-3,12-13H2,(H2,24,25,26,27). The van der Waals surface area contributed by atoms with Gasteiger partial charge in [0.15, 0.2) is 0 Å². The number of hydrogen-bond acceptors (Lipinski definition) is 5. The van der Waals surface area contributed by atoms with Gasteiger partial charge < -0.3 is 15.5 Å².